The number of hydrogen-bond donors (Lipinski definition) is 1. The van der Waals surface area contributed by atoms with Crippen LogP contribution >= 0.6 is 0 Å². The third-order valence-corrected chi connectivity index (χ3v) is 6.45. The number of furan rings is 1. The molecule has 1 amide bonds. The second-order valence-corrected chi connectivity index (χ2v) is 8.18. The summed E-state index contributed by atoms with van der Waals surface area (Å²) in [5.41, 5.74) is 0. The number of carbonyl (C=O) groups excluding carboxylic acids is 1. The van der Waals surface area contributed by atoms with Crippen LogP contribution in [-0.2, 0) is 14.8 Å². The van der Waals surface area contributed by atoms with E-state index in [2.05, 4.69) is 17.1 Å². The van der Waals surface area contributed by atoms with Gasteiger partial charge in [-0.05, 0) is 44.9 Å². The van der Waals surface area contributed by atoms with E-state index in [0.29, 0.717) is 24.4 Å². The van der Waals surface area contributed by atoms with E-state index in [4.69, 9.17) is 8.94 Å². The zero-order valence-electron chi connectivity index (χ0n) is 14.6. The van der Waals surface area contributed by atoms with Crippen molar-refractivity contribution in [2.24, 2.45) is 0 Å². The Bertz CT molecular complexity index is 875. The van der Waals surface area contributed by atoms with Crippen molar-refractivity contribution in [3.63, 3.8) is 0 Å². The quantitative estimate of drug-likeness (QED) is 0.798. The number of nitrogens with zero attached hydrogens (tertiary/aromatic N) is 2. The normalized spacial score (nSPS) is 24.3. The Hall–Kier alpha value is -2.39. The predicted octanol–water partition coefficient (Wildman–Crippen LogP) is 2.17. The highest BCUT2D eigenvalue weighted by molar-refractivity contribution is 7.89. The van der Waals surface area contributed by atoms with E-state index >= 15 is 0 Å². The first-order valence-electron chi connectivity index (χ1n) is 8.30. The molecule has 2 aromatic heterocycles. The highest BCUT2D eigenvalue weighted by atomic mass is 32.2. The van der Waals surface area contributed by atoms with Crippen molar-refractivity contribution in [3.05, 3.63) is 37.1 Å². The summed E-state index contributed by atoms with van der Waals surface area (Å²) in [6.45, 7) is 7.08. The van der Waals surface area contributed by atoms with Gasteiger partial charge in [0.15, 0.2) is 5.76 Å². The van der Waals surface area contributed by atoms with E-state index in [1.807, 2.05) is 13.8 Å². The van der Waals surface area contributed by atoms with Gasteiger partial charge >= 0.3 is 0 Å². The molecule has 1 saturated heterocycles. The molecule has 0 spiro atoms. The smallest absolute Gasteiger partial charge is 0.276 e. The van der Waals surface area contributed by atoms with Gasteiger partial charge in [0.25, 0.3) is 10.0 Å². The molecule has 2 unspecified atom stereocenters. The zero-order valence-corrected chi connectivity index (χ0v) is 15.4. The van der Waals surface area contributed by atoms with Gasteiger partial charge in [0.1, 0.15) is 0 Å². The van der Waals surface area contributed by atoms with Crippen LogP contribution in [0, 0.1) is 0 Å². The van der Waals surface area contributed by atoms with Crippen molar-refractivity contribution in [2.75, 3.05) is 0 Å². The van der Waals surface area contributed by atoms with Crippen LogP contribution in [0.2, 0.25) is 0 Å². The molecule has 0 aliphatic carbocycles. The van der Waals surface area contributed by atoms with Gasteiger partial charge in [0.05, 0.1) is 6.20 Å². The van der Waals surface area contributed by atoms with E-state index in [1.165, 1.54) is 22.6 Å². The maximum absolute atomic E-state index is 13.1. The van der Waals surface area contributed by atoms with Crippen molar-refractivity contribution in [1.29, 1.82) is 0 Å². The number of nitrogens with one attached hydrogen (secondary N) is 1. The molecule has 9 heteroatoms. The molecule has 8 nitrogen and oxygen atoms in total. The number of aromatic nitrogens is 1. The van der Waals surface area contributed by atoms with E-state index in [0.717, 1.165) is 0 Å². The zero-order chi connectivity index (χ0) is 18.9. The number of rotatable bonds is 5. The minimum absolute atomic E-state index is 0.0988. The fraction of sp³-hybridized carbons (Fsp3) is 0.412. The van der Waals surface area contributed by atoms with Crippen LogP contribution in [0.15, 0.2) is 51.1 Å². The summed E-state index contributed by atoms with van der Waals surface area (Å²) in [6.07, 6.45) is 3.70. The van der Waals surface area contributed by atoms with Crippen molar-refractivity contribution < 1.29 is 22.2 Å². The molecule has 0 radical (unpaired) electrons. The Morgan fingerprint density at radius 2 is 1.96 bits per heavy atom. The van der Waals surface area contributed by atoms with Crippen LogP contribution in [0.3, 0.4) is 0 Å². The first-order valence-corrected chi connectivity index (χ1v) is 9.74. The van der Waals surface area contributed by atoms with Gasteiger partial charge in [-0.15, -0.1) is 0 Å². The first kappa shape index (κ1) is 18.4. The maximum atomic E-state index is 13.1. The summed E-state index contributed by atoms with van der Waals surface area (Å²) < 4.78 is 38.1. The fourth-order valence-electron chi connectivity index (χ4n) is 3.45. The average molecular weight is 379 g/mol. The number of hydrogen-bond acceptors (Lipinski definition) is 6. The lowest BCUT2D eigenvalue weighted by Crippen LogP contribution is -2.54. The van der Waals surface area contributed by atoms with Crippen molar-refractivity contribution in [1.82, 2.24) is 14.8 Å². The topological polar surface area (TPSA) is 106 Å². The Morgan fingerprint density at radius 3 is 2.54 bits per heavy atom. The van der Waals surface area contributed by atoms with Crippen LogP contribution in [0.25, 0.3) is 11.5 Å². The second kappa shape index (κ2) is 7.08. The fourth-order valence-corrected chi connectivity index (χ4v) is 5.21. The predicted molar refractivity (Wildman–Crippen MR) is 93.5 cm³/mol. The lowest BCUT2D eigenvalue weighted by molar-refractivity contribution is -0.117. The highest BCUT2D eigenvalue weighted by Gasteiger charge is 2.41. The maximum Gasteiger partial charge on any atom is 0.276 e. The molecular formula is C17H21N3O5S. The number of carbonyl (C=O) groups is 1. The molecule has 1 aliphatic rings. The molecule has 2 aromatic rings. The molecule has 0 bridgehead atoms. The molecule has 140 valence electrons. The third-order valence-electron chi connectivity index (χ3n) is 4.45. The number of piperidine rings is 1. The molecule has 1 aliphatic heterocycles. The molecular weight excluding hydrogens is 358 g/mol. The van der Waals surface area contributed by atoms with Gasteiger partial charge in [0, 0.05) is 24.2 Å². The van der Waals surface area contributed by atoms with Gasteiger partial charge in [-0.25, -0.2) is 8.42 Å². The summed E-state index contributed by atoms with van der Waals surface area (Å²) in [4.78, 5) is 11.5. The van der Waals surface area contributed by atoms with Crippen LogP contribution in [-0.4, -0.2) is 41.9 Å². The minimum Gasteiger partial charge on any atom is -0.440 e. The average Bonchev–Trinajstić information content (AvgIpc) is 3.25. The molecule has 26 heavy (non-hydrogen) atoms. The molecule has 0 aromatic carbocycles. The summed E-state index contributed by atoms with van der Waals surface area (Å²) >= 11 is 0. The SMILES string of the molecule is C=CC(=O)NC1CC(C)N(S(=O)(=O)c2ccc(-c3ccno3)o2)C(C)C1. The Morgan fingerprint density at radius 1 is 1.27 bits per heavy atom. The number of amides is 1. The minimum atomic E-state index is -3.82. The molecule has 3 heterocycles. The van der Waals surface area contributed by atoms with Gasteiger partial charge in [-0.3, -0.25) is 4.79 Å². The molecule has 1 fully saturated rings. The molecule has 0 saturated carbocycles. The monoisotopic (exact) mass is 379 g/mol. The van der Waals surface area contributed by atoms with Crippen LogP contribution in [0.4, 0.5) is 0 Å². The summed E-state index contributed by atoms with van der Waals surface area (Å²) in [7, 11) is -3.82. The van der Waals surface area contributed by atoms with Gasteiger partial charge in [-0.2, -0.15) is 4.31 Å². The standard InChI is InChI=1S/C17H21N3O5S/c1-4-16(21)19-13-9-11(2)20(12(3)10-13)26(22,23)17-6-5-14(24-17)15-7-8-18-25-15/h4-8,11-13H,1,9-10H2,2-3H3,(H,19,21). The van der Waals surface area contributed by atoms with Gasteiger partial charge < -0.3 is 14.3 Å². The Kier molecular flexibility index (Phi) is 5.01. The van der Waals surface area contributed by atoms with Crippen LogP contribution < -0.4 is 5.32 Å². The Labute approximate surface area is 151 Å². The second-order valence-electron chi connectivity index (χ2n) is 6.41. The van der Waals surface area contributed by atoms with Gasteiger partial charge in [-0.1, -0.05) is 11.7 Å². The molecule has 2 atom stereocenters. The van der Waals surface area contributed by atoms with Crippen molar-refractivity contribution >= 4 is 15.9 Å². The highest BCUT2D eigenvalue weighted by Crippen LogP contribution is 2.32. The summed E-state index contributed by atoms with van der Waals surface area (Å²) in [6, 6.07) is 3.86. The summed E-state index contributed by atoms with van der Waals surface area (Å²) in [5, 5.41) is 6.29. The van der Waals surface area contributed by atoms with Crippen molar-refractivity contribution in [2.45, 2.75) is 49.9 Å². The van der Waals surface area contributed by atoms with E-state index in [-0.39, 0.29) is 29.1 Å². The van der Waals surface area contributed by atoms with Crippen LogP contribution in [0.5, 0.6) is 0 Å². The first-order chi connectivity index (χ1) is 12.3. The van der Waals surface area contributed by atoms with Crippen molar-refractivity contribution in [3.8, 4) is 11.5 Å². The van der Waals surface area contributed by atoms with E-state index in [1.54, 1.807) is 12.1 Å². The lowest BCUT2D eigenvalue weighted by atomic mass is 9.95. The third kappa shape index (κ3) is 3.45. The van der Waals surface area contributed by atoms with E-state index in [9.17, 15) is 13.2 Å². The summed E-state index contributed by atoms with van der Waals surface area (Å²) in [5.74, 6) is 0.404. The van der Waals surface area contributed by atoms with Crippen LogP contribution in [0.1, 0.15) is 26.7 Å². The molecule has 3 rings (SSSR count). The van der Waals surface area contributed by atoms with E-state index < -0.39 is 10.0 Å². The molecule has 1 N–H and O–H groups in total. The largest absolute Gasteiger partial charge is 0.440 e. The van der Waals surface area contributed by atoms with Gasteiger partial charge in [0.2, 0.25) is 16.8 Å². The Balaban J connectivity index is 1.81. The lowest BCUT2D eigenvalue weighted by Gasteiger charge is -2.41. The number of sulfonamides is 1.